The van der Waals surface area contributed by atoms with E-state index in [1.807, 2.05) is 12.1 Å². The van der Waals surface area contributed by atoms with Crippen LogP contribution in [0.1, 0.15) is 44.1 Å². The number of anilines is 2. The molecule has 27 heavy (non-hydrogen) atoms. The van der Waals surface area contributed by atoms with Crippen LogP contribution >= 0.6 is 23.1 Å². The summed E-state index contributed by atoms with van der Waals surface area (Å²) in [4.78, 5) is 15.0. The van der Waals surface area contributed by atoms with Crippen LogP contribution in [0.2, 0.25) is 0 Å². The molecule has 4 rings (SSSR count). The van der Waals surface area contributed by atoms with Crippen molar-refractivity contribution in [2.75, 3.05) is 17.6 Å². The number of aromatic nitrogens is 2. The molecule has 2 aliphatic rings. The van der Waals surface area contributed by atoms with Gasteiger partial charge in [-0.3, -0.25) is 4.79 Å². The Labute approximate surface area is 168 Å². The van der Waals surface area contributed by atoms with E-state index in [2.05, 4.69) is 39.5 Å². The number of carbonyl (C=O) groups excluding carboxylic acids is 1. The SMILES string of the molecule is Cc1ccc(Nc2nnc(SCC(=O)N3CCC[C@H]4CCCC[C@H]43)s2)cc1. The van der Waals surface area contributed by atoms with E-state index in [0.29, 0.717) is 11.8 Å². The van der Waals surface area contributed by atoms with Gasteiger partial charge in [-0.1, -0.05) is 53.6 Å². The number of carbonyl (C=O) groups is 1. The number of fused-ring (bicyclic) bond motifs is 1. The number of rotatable bonds is 5. The van der Waals surface area contributed by atoms with Crippen LogP contribution in [0.5, 0.6) is 0 Å². The number of amides is 1. The molecule has 2 atom stereocenters. The number of aryl methyl sites for hydroxylation is 1. The zero-order valence-corrected chi connectivity index (χ0v) is 17.3. The molecule has 2 fully saturated rings. The lowest BCUT2D eigenvalue weighted by Crippen LogP contribution is -2.50. The zero-order valence-electron chi connectivity index (χ0n) is 15.7. The summed E-state index contributed by atoms with van der Waals surface area (Å²) in [6, 6.07) is 8.67. The van der Waals surface area contributed by atoms with Crippen LogP contribution in [0.25, 0.3) is 0 Å². The second kappa shape index (κ2) is 8.61. The van der Waals surface area contributed by atoms with Crippen LogP contribution in [0.15, 0.2) is 28.6 Å². The van der Waals surface area contributed by atoms with Gasteiger partial charge < -0.3 is 10.2 Å². The van der Waals surface area contributed by atoms with Gasteiger partial charge in [0.1, 0.15) is 0 Å². The summed E-state index contributed by atoms with van der Waals surface area (Å²) in [7, 11) is 0. The van der Waals surface area contributed by atoms with Crippen molar-refractivity contribution < 1.29 is 4.79 Å². The summed E-state index contributed by atoms with van der Waals surface area (Å²) in [5, 5.41) is 12.5. The average molecular weight is 403 g/mol. The Balaban J connectivity index is 1.31. The molecule has 0 bridgehead atoms. The largest absolute Gasteiger partial charge is 0.339 e. The van der Waals surface area contributed by atoms with Crippen LogP contribution in [-0.2, 0) is 4.79 Å². The fourth-order valence-corrected chi connectivity index (χ4v) is 5.88. The molecular formula is C20H26N4OS2. The first kappa shape index (κ1) is 18.7. The van der Waals surface area contributed by atoms with Gasteiger partial charge in [0.25, 0.3) is 0 Å². The van der Waals surface area contributed by atoms with Gasteiger partial charge in [0.2, 0.25) is 11.0 Å². The third kappa shape index (κ3) is 4.63. The summed E-state index contributed by atoms with van der Waals surface area (Å²) >= 11 is 3.01. The number of hydrogen-bond donors (Lipinski definition) is 1. The van der Waals surface area contributed by atoms with E-state index in [4.69, 9.17) is 0 Å². The van der Waals surface area contributed by atoms with E-state index >= 15 is 0 Å². The van der Waals surface area contributed by atoms with E-state index in [1.54, 1.807) is 0 Å². The highest BCUT2D eigenvalue weighted by molar-refractivity contribution is 8.01. The maximum atomic E-state index is 12.8. The molecule has 144 valence electrons. The Morgan fingerprint density at radius 3 is 2.81 bits per heavy atom. The second-order valence-electron chi connectivity index (χ2n) is 7.49. The molecule has 2 aromatic rings. The molecular weight excluding hydrogens is 376 g/mol. The van der Waals surface area contributed by atoms with Crippen LogP contribution < -0.4 is 5.32 Å². The number of thioether (sulfide) groups is 1. The van der Waals surface area contributed by atoms with E-state index in [-0.39, 0.29) is 5.91 Å². The number of benzene rings is 1. The molecule has 1 N–H and O–H groups in total. The zero-order chi connectivity index (χ0) is 18.6. The van der Waals surface area contributed by atoms with Gasteiger partial charge in [-0.05, 0) is 50.7 Å². The minimum absolute atomic E-state index is 0.264. The Kier molecular flexibility index (Phi) is 5.98. The first-order valence-electron chi connectivity index (χ1n) is 9.78. The molecule has 1 aliphatic heterocycles. The highest BCUT2D eigenvalue weighted by atomic mass is 32.2. The Morgan fingerprint density at radius 2 is 1.96 bits per heavy atom. The highest BCUT2D eigenvalue weighted by Gasteiger charge is 2.35. The van der Waals surface area contributed by atoms with Gasteiger partial charge >= 0.3 is 0 Å². The topological polar surface area (TPSA) is 58.1 Å². The summed E-state index contributed by atoms with van der Waals surface area (Å²) in [5.41, 5.74) is 2.23. The molecule has 0 spiro atoms. The van der Waals surface area contributed by atoms with Crippen molar-refractivity contribution in [2.45, 2.75) is 55.8 Å². The molecule has 2 heterocycles. The van der Waals surface area contributed by atoms with Crippen molar-refractivity contribution in [3.8, 4) is 0 Å². The lowest BCUT2D eigenvalue weighted by molar-refractivity contribution is -0.134. The first-order valence-corrected chi connectivity index (χ1v) is 11.6. The maximum Gasteiger partial charge on any atom is 0.233 e. The smallest absolute Gasteiger partial charge is 0.233 e. The predicted molar refractivity (Wildman–Crippen MR) is 112 cm³/mol. The number of hydrogen-bond acceptors (Lipinski definition) is 6. The van der Waals surface area contributed by atoms with E-state index in [0.717, 1.165) is 34.0 Å². The Hall–Kier alpha value is -1.60. The lowest BCUT2D eigenvalue weighted by atomic mass is 9.78. The fraction of sp³-hybridized carbons (Fsp3) is 0.550. The molecule has 5 nitrogen and oxygen atoms in total. The maximum absolute atomic E-state index is 12.8. The molecule has 1 saturated carbocycles. The van der Waals surface area contributed by atoms with Gasteiger partial charge in [-0.15, -0.1) is 10.2 Å². The fourth-order valence-electron chi connectivity index (χ4n) is 4.22. The third-order valence-electron chi connectivity index (χ3n) is 5.59. The van der Waals surface area contributed by atoms with Crippen molar-refractivity contribution in [3.05, 3.63) is 29.8 Å². The monoisotopic (exact) mass is 402 g/mol. The Morgan fingerprint density at radius 1 is 1.19 bits per heavy atom. The first-order chi connectivity index (χ1) is 13.2. The summed E-state index contributed by atoms with van der Waals surface area (Å²) < 4.78 is 0.843. The van der Waals surface area contributed by atoms with Crippen molar-refractivity contribution >= 4 is 39.8 Å². The van der Waals surface area contributed by atoms with Crippen LogP contribution in [0, 0.1) is 12.8 Å². The summed E-state index contributed by atoms with van der Waals surface area (Å²) in [6.45, 7) is 3.00. The molecule has 0 radical (unpaired) electrons. The van der Waals surface area contributed by atoms with Crippen molar-refractivity contribution in [3.63, 3.8) is 0 Å². The van der Waals surface area contributed by atoms with Crippen LogP contribution in [0.4, 0.5) is 10.8 Å². The van der Waals surface area contributed by atoms with Gasteiger partial charge in [-0.25, -0.2) is 0 Å². The van der Waals surface area contributed by atoms with E-state index in [9.17, 15) is 4.79 Å². The quantitative estimate of drug-likeness (QED) is 0.724. The summed E-state index contributed by atoms with van der Waals surface area (Å²) in [6.07, 6.45) is 7.53. The van der Waals surface area contributed by atoms with Crippen LogP contribution in [-0.4, -0.2) is 39.3 Å². The predicted octanol–water partition coefficient (Wildman–Crippen LogP) is 4.86. The van der Waals surface area contributed by atoms with Crippen molar-refractivity contribution in [1.82, 2.24) is 15.1 Å². The Bertz CT molecular complexity index is 775. The van der Waals surface area contributed by atoms with Gasteiger partial charge in [0, 0.05) is 18.3 Å². The van der Waals surface area contributed by atoms with E-state index < -0.39 is 0 Å². The number of nitrogens with one attached hydrogen (secondary N) is 1. The standard InChI is InChI=1S/C20H26N4OS2/c1-14-8-10-16(11-9-14)21-19-22-23-20(27-19)26-13-18(25)24-12-4-6-15-5-2-3-7-17(15)24/h8-11,15,17H,2-7,12-13H2,1H3,(H,21,22)/t15-,17-/m1/s1. The molecule has 1 saturated heterocycles. The highest BCUT2D eigenvalue weighted by Crippen LogP contribution is 2.36. The molecule has 1 aromatic carbocycles. The molecule has 0 unspecified atom stereocenters. The number of likely N-dealkylation sites (tertiary alicyclic amines) is 1. The summed E-state index contributed by atoms with van der Waals surface area (Å²) in [5.74, 6) is 1.45. The van der Waals surface area contributed by atoms with Crippen molar-refractivity contribution in [2.24, 2.45) is 5.92 Å². The van der Waals surface area contributed by atoms with Gasteiger partial charge in [-0.2, -0.15) is 0 Å². The minimum atomic E-state index is 0.264. The molecule has 7 heteroatoms. The molecule has 1 amide bonds. The average Bonchev–Trinajstić information content (AvgIpc) is 3.15. The minimum Gasteiger partial charge on any atom is -0.339 e. The normalized spacial score (nSPS) is 22.3. The second-order valence-corrected chi connectivity index (χ2v) is 9.69. The van der Waals surface area contributed by atoms with Crippen LogP contribution in [0.3, 0.4) is 0 Å². The van der Waals surface area contributed by atoms with Gasteiger partial charge in [0.05, 0.1) is 5.75 Å². The number of nitrogens with zero attached hydrogens (tertiary/aromatic N) is 3. The lowest BCUT2D eigenvalue weighted by Gasteiger charge is -2.44. The molecule has 1 aliphatic carbocycles. The molecule has 1 aromatic heterocycles. The van der Waals surface area contributed by atoms with Crippen molar-refractivity contribution in [1.29, 1.82) is 0 Å². The van der Waals surface area contributed by atoms with Gasteiger partial charge in [0.15, 0.2) is 4.34 Å². The van der Waals surface area contributed by atoms with E-state index in [1.165, 1.54) is 60.8 Å². The third-order valence-corrected chi connectivity index (χ3v) is 7.55. The number of piperidine rings is 1.